The van der Waals surface area contributed by atoms with E-state index in [0.29, 0.717) is 27.6 Å². The van der Waals surface area contributed by atoms with Crippen LogP contribution >= 0.6 is 23.2 Å². The predicted octanol–water partition coefficient (Wildman–Crippen LogP) is 4.51. The van der Waals surface area contributed by atoms with Gasteiger partial charge in [0.2, 0.25) is 5.28 Å². The number of nitrogens with zero attached hydrogens (tertiary/aromatic N) is 2. The Balaban J connectivity index is 2.61. The maximum absolute atomic E-state index is 6.10. The lowest BCUT2D eigenvalue weighted by Gasteiger charge is -2.17. The van der Waals surface area contributed by atoms with Gasteiger partial charge in [0.15, 0.2) is 11.5 Å². The van der Waals surface area contributed by atoms with E-state index in [0.717, 1.165) is 0 Å². The molecule has 6 heteroatoms. The molecule has 0 amide bonds. The molecule has 4 nitrogen and oxygen atoms in total. The number of halogens is 2. The molecule has 0 spiro atoms. The summed E-state index contributed by atoms with van der Waals surface area (Å²) in [4.78, 5) is 8.10. The van der Waals surface area contributed by atoms with Crippen LogP contribution in [0.15, 0.2) is 12.1 Å². The van der Waals surface area contributed by atoms with Crippen molar-refractivity contribution in [2.75, 3.05) is 0 Å². The van der Waals surface area contributed by atoms with Crippen LogP contribution in [0.2, 0.25) is 10.4 Å². The molecule has 0 atom stereocenters. The molecule has 0 saturated carbocycles. The second-order valence-electron chi connectivity index (χ2n) is 4.93. The summed E-state index contributed by atoms with van der Waals surface area (Å²) in [5, 5.41) is 1.09. The van der Waals surface area contributed by atoms with Crippen molar-refractivity contribution in [3.8, 4) is 11.5 Å². The third kappa shape index (κ3) is 3.44. The molecule has 0 unspecified atom stereocenters. The maximum Gasteiger partial charge on any atom is 0.224 e. The molecule has 0 bridgehead atoms. The Bertz CT molecular complexity index is 630. The summed E-state index contributed by atoms with van der Waals surface area (Å²) in [7, 11) is 0. The molecule has 108 valence electrons. The minimum atomic E-state index is 0.0222. The maximum atomic E-state index is 6.10. The smallest absolute Gasteiger partial charge is 0.224 e. The van der Waals surface area contributed by atoms with Gasteiger partial charge in [-0.3, -0.25) is 0 Å². The summed E-state index contributed by atoms with van der Waals surface area (Å²) in [6, 6.07) is 3.55. The van der Waals surface area contributed by atoms with Gasteiger partial charge in [-0.1, -0.05) is 11.6 Å². The largest absolute Gasteiger partial charge is 0.487 e. The molecule has 0 aliphatic rings. The molecule has 1 aromatic heterocycles. The molecular formula is C14H16Cl2N2O2. The zero-order chi connectivity index (χ0) is 14.9. The first kappa shape index (κ1) is 15.1. The quantitative estimate of drug-likeness (QED) is 0.615. The lowest BCUT2D eigenvalue weighted by molar-refractivity contribution is 0.199. The number of fused-ring (bicyclic) bond motifs is 1. The second-order valence-corrected chi connectivity index (χ2v) is 5.63. The highest BCUT2D eigenvalue weighted by Crippen LogP contribution is 2.35. The van der Waals surface area contributed by atoms with Crippen LogP contribution in [0, 0.1) is 0 Å². The van der Waals surface area contributed by atoms with E-state index < -0.39 is 0 Å². The van der Waals surface area contributed by atoms with E-state index >= 15 is 0 Å². The van der Waals surface area contributed by atoms with Crippen molar-refractivity contribution < 1.29 is 9.47 Å². The van der Waals surface area contributed by atoms with Crippen LogP contribution in [-0.4, -0.2) is 22.2 Å². The Morgan fingerprint density at radius 3 is 2.00 bits per heavy atom. The topological polar surface area (TPSA) is 44.2 Å². The molecule has 1 heterocycles. The Morgan fingerprint density at radius 1 is 0.900 bits per heavy atom. The zero-order valence-corrected chi connectivity index (χ0v) is 13.3. The van der Waals surface area contributed by atoms with Crippen LogP contribution in [0.4, 0.5) is 0 Å². The highest BCUT2D eigenvalue weighted by molar-refractivity contribution is 6.35. The Hall–Kier alpha value is -1.26. The average Bonchev–Trinajstić information content (AvgIpc) is 2.29. The molecule has 2 rings (SSSR count). The Labute approximate surface area is 128 Å². The highest BCUT2D eigenvalue weighted by Gasteiger charge is 2.14. The summed E-state index contributed by atoms with van der Waals surface area (Å²) in [5.41, 5.74) is 0.627. The molecule has 0 aliphatic carbocycles. The minimum Gasteiger partial charge on any atom is -0.487 e. The number of rotatable bonds is 4. The van der Waals surface area contributed by atoms with Crippen molar-refractivity contribution in [1.29, 1.82) is 0 Å². The van der Waals surface area contributed by atoms with Gasteiger partial charge in [0.25, 0.3) is 0 Å². The molecular weight excluding hydrogens is 299 g/mol. The van der Waals surface area contributed by atoms with Crippen LogP contribution in [0.1, 0.15) is 27.7 Å². The predicted molar refractivity (Wildman–Crippen MR) is 81.1 cm³/mol. The van der Waals surface area contributed by atoms with Gasteiger partial charge in [0.05, 0.1) is 17.7 Å². The summed E-state index contributed by atoms with van der Waals surface area (Å²) < 4.78 is 11.5. The molecule has 0 radical (unpaired) electrons. The van der Waals surface area contributed by atoms with E-state index in [4.69, 9.17) is 32.7 Å². The van der Waals surface area contributed by atoms with Crippen LogP contribution in [0.3, 0.4) is 0 Å². The monoisotopic (exact) mass is 314 g/mol. The van der Waals surface area contributed by atoms with Crippen LogP contribution < -0.4 is 9.47 Å². The fraction of sp³-hybridized carbons (Fsp3) is 0.429. The van der Waals surface area contributed by atoms with E-state index in [9.17, 15) is 0 Å². The van der Waals surface area contributed by atoms with E-state index in [1.807, 2.05) is 27.7 Å². The van der Waals surface area contributed by atoms with E-state index in [-0.39, 0.29) is 17.5 Å². The van der Waals surface area contributed by atoms with Gasteiger partial charge in [-0.2, -0.15) is 0 Å². The van der Waals surface area contributed by atoms with Crippen molar-refractivity contribution >= 4 is 34.1 Å². The highest BCUT2D eigenvalue weighted by atomic mass is 35.5. The Morgan fingerprint density at radius 2 is 1.45 bits per heavy atom. The van der Waals surface area contributed by atoms with Crippen LogP contribution in [-0.2, 0) is 0 Å². The van der Waals surface area contributed by atoms with Gasteiger partial charge in [-0.05, 0) is 45.4 Å². The summed E-state index contributed by atoms with van der Waals surface area (Å²) in [6.07, 6.45) is 0.0451. The normalized spacial score (nSPS) is 11.4. The average molecular weight is 315 g/mol. The lowest BCUT2D eigenvalue weighted by Crippen LogP contribution is -2.11. The number of ether oxygens (including phenoxy) is 2. The number of hydrogen-bond donors (Lipinski definition) is 0. The Kier molecular flexibility index (Phi) is 4.55. The summed E-state index contributed by atoms with van der Waals surface area (Å²) in [6.45, 7) is 7.79. The second kappa shape index (κ2) is 6.02. The fourth-order valence-corrected chi connectivity index (χ4v) is 2.21. The first-order chi connectivity index (χ1) is 9.36. The zero-order valence-electron chi connectivity index (χ0n) is 11.8. The summed E-state index contributed by atoms with van der Waals surface area (Å²) in [5.74, 6) is 1.24. The van der Waals surface area contributed by atoms with E-state index in [2.05, 4.69) is 9.97 Å². The van der Waals surface area contributed by atoms with Gasteiger partial charge >= 0.3 is 0 Å². The molecule has 1 aromatic carbocycles. The van der Waals surface area contributed by atoms with Crippen molar-refractivity contribution in [2.24, 2.45) is 0 Å². The van der Waals surface area contributed by atoms with Gasteiger partial charge in [-0.15, -0.1) is 0 Å². The van der Waals surface area contributed by atoms with E-state index in [1.54, 1.807) is 12.1 Å². The van der Waals surface area contributed by atoms with Gasteiger partial charge in [0.1, 0.15) is 5.15 Å². The SMILES string of the molecule is CC(C)Oc1cc2nc(Cl)nc(Cl)c2cc1OC(C)C. The molecule has 2 aromatic rings. The van der Waals surface area contributed by atoms with Crippen LogP contribution in [0.25, 0.3) is 10.9 Å². The van der Waals surface area contributed by atoms with Crippen LogP contribution in [0.5, 0.6) is 11.5 Å². The first-order valence-corrected chi connectivity index (χ1v) is 7.12. The molecule has 0 fully saturated rings. The summed E-state index contributed by atoms with van der Waals surface area (Å²) >= 11 is 11.9. The number of benzene rings is 1. The third-order valence-corrected chi connectivity index (χ3v) is 2.87. The molecule has 0 N–H and O–H groups in total. The first-order valence-electron chi connectivity index (χ1n) is 6.37. The van der Waals surface area contributed by atoms with Gasteiger partial charge in [-0.25, -0.2) is 9.97 Å². The minimum absolute atomic E-state index is 0.0222. The van der Waals surface area contributed by atoms with Crippen molar-refractivity contribution in [2.45, 2.75) is 39.9 Å². The van der Waals surface area contributed by atoms with Crippen molar-refractivity contribution in [3.05, 3.63) is 22.6 Å². The van der Waals surface area contributed by atoms with E-state index in [1.165, 1.54) is 0 Å². The van der Waals surface area contributed by atoms with Crippen molar-refractivity contribution in [1.82, 2.24) is 9.97 Å². The molecule has 0 aliphatic heterocycles. The molecule has 0 saturated heterocycles. The van der Waals surface area contributed by atoms with Gasteiger partial charge in [0, 0.05) is 11.5 Å². The lowest BCUT2D eigenvalue weighted by atomic mass is 10.2. The standard InChI is InChI=1S/C14H16Cl2N2O2/c1-7(2)19-11-5-9-10(6-12(11)20-8(3)4)17-14(16)18-13(9)15/h5-8H,1-4H3. The fourth-order valence-electron chi connectivity index (χ4n) is 1.76. The molecule has 20 heavy (non-hydrogen) atoms. The number of aromatic nitrogens is 2. The third-order valence-electron chi connectivity index (χ3n) is 2.41. The number of hydrogen-bond acceptors (Lipinski definition) is 4. The van der Waals surface area contributed by atoms with Crippen molar-refractivity contribution in [3.63, 3.8) is 0 Å². The van der Waals surface area contributed by atoms with Gasteiger partial charge < -0.3 is 9.47 Å².